The summed E-state index contributed by atoms with van der Waals surface area (Å²) >= 11 is 0. The number of aromatic amines is 1. The van der Waals surface area contributed by atoms with E-state index in [0.717, 1.165) is 25.7 Å². The summed E-state index contributed by atoms with van der Waals surface area (Å²) in [7, 11) is -4.02. The molecule has 0 aromatic carbocycles. The molecule has 1 fully saturated rings. The monoisotopic (exact) mass is 315 g/mol. The summed E-state index contributed by atoms with van der Waals surface area (Å²) < 4.78 is 28.4. The van der Waals surface area contributed by atoms with Crippen LogP contribution in [0.5, 0.6) is 0 Å². The number of sulfonamides is 1. The first-order chi connectivity index (χ1) is 9.93. The molecule has 1 heterocycles. The van der Waals surface area contributed by atoms with Gasteiger partial charge in [-0.3, -0.25) is 5.10 Å². The molecule has 1 aromatic heterocycles. The lowest BCUT2D eigenvalue weighted by Crippen LogP contribution is -2.21. The Morgan fingerprint density at radius 1 is 1.38 bits per heavy atom. The van der Waals surface area contributed by atoms with E-state index in [2.05, 4.69) is 10.2 Å². The van der Waals surface area contributed by atoms with E-state index < -0.39 is 16.0 Å². The van der Waals surface area contributed by atoms with Crippen molar-refractivity contribution in [2.45, 2.75) is 50.3 Å². The minimum atomic E-state index is -4.02. The van der Waals surface area contributed by atoms with Gasteiger partial charge >= 0.3 is 5.97 Å². The fraction of sp³-hybridized carbons (Fsp3) is 0.692. The predicted molar refractivity (Wildman–Crippen MR) is 76.2 cm³/mol. The van der Waals surface area contributed by atoms with Crippen molar-refractivity contribution < 1.29 is 17.9 Å². The Bertz CT molecular complexity index is 603. The molecule has 0 radical (unpaired) electrons. The highest BCUT2D eigenvalue weighted by atomic mass is 32.2. The van der Waals surface area contributed by atoms with Crippen LogP contribution < -0.4 is 5.14 Å². The number of aromatic nitrogens is 2. The molecule has 118 valence electrons. The van der Waals surface area contributed by atoms with Crippen LogP contribution in [0.3, 0.4) is 0 Å². The van der Waals surface area contributed by atoms with Crippen molar-refractivity contribution in [3.63, 3.8) is 0 Å². The summed E-state index contributed by atoms with van der Waals surface area (Å²) in [6, 6.07) is 0. The maximum absolute atomic E-state index is 12.1. The van der Waals surface area contributed by atoms with Crippen LogP contribution in [0.25, 0.3) is 0 Å². The summed E-state index contributed by atoms with van der Waals surface area (Å²) in [5.41, 5.74) is 0.0762. The van der Waals surface area contributed by atoms with Gasteiger partial charge in [-0.05, 0) is 25.2 Å². The molecule has 0 amide bonds. The molecule has 21 heavy (non-hydrogen) atoms. The lowest BCUT2D eigenvalue weighted by atomic mass is 9.90. The standard InChI is InChI=1S/C13H21N3O4S/c1-2-10-12(21(14,18)19)11(16-15-10)13(17)20-8-9-6-4-3-5-7-9/h9H,2-8H2,1H3,(H,15,16)(H2,14,18,19). The van der Waals surface area contributed by atoms with E-state index in [-0.39, 0.29) is 10.6 Å². The smallest absolute Gasteiger partial charge is 0.360 e. The second-order valence-corrected chi connectivity index (χ2v) is 6.88. The molecule has 3 N–H and O–H groups in total. The molecule has 8 heteroatoms. The van der Waals surface area contributed by atoms with Gasteiger partial charge in [-0.2, -0.15) is 5.10 Å². The van der Waals surface area contributed by atoms with Gasteiger partial charge in [-0.15, -0.1) is 0 Å². The van der Waals surface area contributed by atoms with E-state index in [4.69, 9.17) is 9.88 Å². The third kappa shape index (κ3) is 3.82. The Hall–Kier alpha value is -1.41. The average Bonchev–Trinajstić information content (AvgIpc) is 2.90. The maximum Gasteiger partial charge on any atom is 0.360 e. The van der Waals surface area contributed by atoms with Gasteiger partial charge in [-0.25, -0.2) is 18.4 Å². The number of rotatable bonds is 5. The zero-order chi connectivity index (χ0) is 15.5. The molecule has 1 saturated carbocycles. The number of nitrogens with one attached hydrogen (secondary N) is 1. The van der Waals surface area contributed by atoms with Crippen molar-refractivity contribution in [3.05, 3.63) is 11.4 Å². The van der Waals surface area contributed by atoms with Crippen molar-refractivity contribution in [2.75, 3.05) is 6.61 Å². The highest BCUT2D eigenvalue weighted by Crippen LogP contribution is 2.24. The van der Waals surface area contributed by atoms with Gasteiger partial charge in [0.1, 0.15) is 4.90 Å². The number of H-pyrrole nitrogens is 1. The number of aryl methyl sites for hydroxylation is 1. The summed E-state index contributed by atoms with van der Waals surface area (Å²) in [5.74, 6) is -0.384. The third-order valence-corrected chi connectivity index (χ3v) is 4.81. The molecule has 0 aliphatic heterocycles. The fourth-order valence-corrected chi connectivity index (χ4v) is 3.60. The third-order valence-electron chi connectivity index (χ3n) is 3.80. The van der Waals surface area contributed by atoms with Crippen molar-refractivity contribution in [3.8, 4) is 0 Å². The molecular formula is C13H21N3O4S. The highest BCUT2D eigenvalue weighted by Gasteiger charge is 2.28. The Labute approximate surface area is 124 Å². The van der Waals surface area contributed by atoms with Crippen LogP contribution in [-0.2, 0) is 21.2 Å². The quantitative estimate of drug-likeness (QED) is 0.796. The van der Waals surface area contributed by atoms with E-state index in [9.17, 15) is 13.2 Å². The number of esters is 1. The van der Waals surface area contributed by atoms with Crippen molar-refractivity contribution in [2.24, 2.45) is 11.1 Å². The van der Waals surface area contributed by atoms with Crippen LogP contribution in [0.4, 0.5) is 0 Å². The number of carbonyl (C=O) groups is 1. The summed E-state index contributed by atoms with van der Waals surface area (Å²) in [6.07, 6.45) is 5.97. The van der Waals surface area contributed by atoms with Gasteiger partial charge in [0, 0.05) is 0 Å². The van der Waals surface area contributed by atoms with Crippen LogP contribution in [0.2, 0.25) is 0 Å². The molecule has 2 rings (SSSR count). The molecular weight excluding hydrogens is 294 g/mol. The Balaban J connectivity index is 2.10. The number of hydrogen-bond acceptors (Lipinski definition) is 5. The van der Waals surface area contributed by atoms with E-state index >= 15 is 0 Å². The average molecular weight is 315 g/mol. The van der Waals surface area contributed by atoms with Gasteiger partial charge in [-0.1, -0.05) is 26.2 Å². The second kappa shape index (κ2) is 6.57. The lowest BCUT2D eigenvalue weighted by molar-refractivity contribution is 0.0399. The van der Waals surface area contributed by atoms with Gasteiger partial charge in [0.25, 0.3) is 0 Å². The molecule has 1 aromatic rings. The van der Waals surface area contributed by atoms with Crippen LogP contribution in [-0.4, -0.2) is 31.2 Å². The Morgan fingerprint density at radius 3 is 2.62 bits per heavy atom. The number of nitrogens with two attached hydrogens (primary N) is 1. The van der Waals surface area contributed by atoms with Crippen LogP contribution in [0, 0.1) is 5.92 Å². The van der Waals surface area contributed by atoms with Crippen molar-refractivity contribution in [1.82, 2.24) is 10.2 Å². The first-order valence-electron chi connectivity index (χ1n) is 7.20. The zero-order valence-corrected chi connectivity index (χ0v) is 12.9. The topological polar surface area (TPSA) is 115 Å². The molecule has 0 unspecified atom stereocenters. The van der Waals surface area contributed by atoms with Gasteiger partial charge in [0.15, 0.2) is 5.69 Å². The zero-order valence-electron chi connectivity index (χ0n) is 12.1. The number of nitrogens with zero attached hydrogens (tertiary/aromatic N) is 1. The fourth-order valence-electron chi connectivity index (χ4n) is 2.67. The molecule has 1 aliphatic rings. The lowest BCUT2D eigenvalue weighted by Gasteiger charge is -2.20. The largest absolute Gasteiger partial charge is 0.461 e. The number of hydrogen-bond donors (Lipinski definition) is 2. The van der Waals surface area contributed by atoms with Crippen LogP contribution >= 0.6 is 0 Å². The highest BCUT2D eigenvalue weighted by molar-refractivity contribution is 7.89. The van der Waals surface area contributed by atoms with Gasteiger partial charge < -0.3 is 4.74 Å². The molecule has 0 atom stereocenters. The Kier molecular flexibility index (Phi) is 5.00. The van der Waals surface area contributed by atoms with Crippen LogP contribution in [0.15, 0.2) is 4.90 Å². The molecule has 0 saturated heterocycles. The van der Waals surface area contributed by atoms with Crippen molar-refractivity contribution in [1.29, 1.82) is 0 Å². The maximum atomic E-state index is 12.1. The normalized spacial score (nSPS) is 16.9. The van der Waals surface area contributed by atoms with Gasteiger partial charge in [0.2, 0.25) is 10.0 Å². The summed E-state index contributed by atoms with van der Waals surface area (Å²) in [6.45, 7) is 2.05. The first kappa shape index (κ1) is 16.0. The SMILES string of the molecule is CCc1[nH]nc(C(=O)OCC2CCCCC2)c1S(N)(=O)=O. The number of ether oxygens (including phenoxy) is 1. The molecule has 7 nitrogen and oxygen atoms in total. The van der Waals surface area contributed by atoms with Crippen molar-refractivity contribution >= 4 is 16.0 Å². The van der Waals surface area contributed by atoms with Crippen LogP contribution in [0.1, 0.15) is 55.2 Å². The number of primary sulfonamides is 1. The predicted octanol–water partition coefficient (Wildman–Crippen LogP) is 1.36. The number of carbonyl (C=O) groups excluding carboxylic acids is 1. The molecule has 0 spiro atoms. The van der Waals surface area contributed by atoms with Gasteiger partial charge in [0.05, 0.1) is 12.3 Å². The van der Waals surface area contributed by atoms with E-state index in [1.54, 1.807) is 6.92 Å². The minimum absolute atomic E-state index is 0.245. The Morgan fingerprint density at radius 2 is 2.05 bits per heavy atom. The van der Waals surface area contributed by atoms with E-state index in [1.165, 1.54) is 6.42 Å². The first-order valence-corrected chi connectivity index (χ1v) is 8.75. The second-order valence-electron chi connectivity index (χ2n) is 5.38. The summed E-state index contributed by atoms with van der Waals surface area (Å²) in [4.78, 5) is 11.8. The van der Waals surface area contributed by atoms with E-state index in [1.807, 2.05) is 0 Å². The molecule has 0 bridgehead atoms. The molecule has 1 aliphatic carbocycles. The van der Waals surface area contributed by atoms with E-state index in [0.29, 0.717) is 24.6 Å². The summed E-state index contributed by atoms with van der Waals surface area (Å²) in [5, 5.41) is 11.5. The minimum Gasteiger partial charge on any atom is -0.461 e.